The monoisotopic (exact) mass is 497 g/mol. The maximum absolute atomic E-state index is 13.6. The van der Waals surface area contributed by atoms with Crippen LogP contribution in [-0.2, 0) is 20.2 Å². The lowest BCUT2D eigenvalue weighted by molar-refractivity contribution is -0.122. The molecule has 0 saturated carbocycles. The van der Waals surface area contributed by atoms with E-state index >= 15 is 0 Å². The smallest absolute Gasteiger partial charge is 0.243 e. The summed E-state index contributed by atoms with van der Waals surface area (Å²) < 4.78 is 28.0. The summed E-state index contributed by atoms with van der Waals surface area (Å²) in [6, 6.07) is 16.7. The van der Waals surface area contributed by atoms with Crippen LogP contribution >= 0.6 is 11.3 Å². The Morgan fingerprint density at radius 1 is 1.03 bits per heavy atom. The van der Waals surface area contributed by atoms with Crippen molar-refractivity contribution in [2.24, 2.45) is 5.92 Å². The predicted molar refractivity (Wildman–Crippen MR) is 137 cm³/mol. The molecule has 180 valence electrons. The molecule has 0 bridgehead atoms. The number of aryl methyl sites for hydroxylation is 1. The first-order valence-corrected chi connectivity index (χ1v) is 13.8. The van der Waals surface area contributed by atoms with E-state index in [0.29, 0.717) is 36.0 Å². The van der Waals surface area contributed by atoms with Crippen LogP contribution in [0.15, 0.2) is 64.9 Å². The summed E-state index contributed by atoms with van der Waals surface area (Å²) in [5.74, 6) is -0.300. The third-order valence-corrected chi connectivity index (χ3v) is 9.05. The highest BCUT2D eigenvalue weighted by Gasteiger charge is 2.35. The third-order valence-electron chi connectivity index (χ3n) is 6.19. The largest absolute Gasteiger partial charge is 0.274 e. The molecular weight excluding hydrogens is 466 g/mol. The molecule has 6 nitrogen and oxygen atoms in total. The first-order valence-electron chi connectivity index (χ1n) is 11.5. The number of amides is 1. The van der Waals surface area contributed by atoms with Gasteiger partial charge in [-0.2, -0.15) is 4.31 Å². The molecule has 0 unspecified atom stereocenters. The summed E-state index contributed by atoms with van der Waals surface area (Å²) in [7, 11) is -3.60. The van der Waals surface area contributed by atoms with Crippen molar-refractivity contribution in [3.05, 3.63) is 71.2 Å². The number of para-hydroxylation sites is 1. The van der Waals surface area contributed by atoms with Gasteiger partial charge in [-0.15, -0.1) is 11.3 Å². The Morgan fingerprint density at radius 2 is 1.65 bits per heavy atom. The van der Waals surface area contributed by atoms with Crippen LogP contribution in [0.2, 0.25) is 0 Å². The van der Waals surface area contributed by atoms with Crippen molar-refractivity contribution in [1.82, 2.24) is 9.29 Å². The Kier molecular flexibility index (Phi) is 6.94. The standard InChI is InChI=1S/C26H31N3O3S2/c1-19-18-33-25(27-19)29(22-8-6-5-7-9-22)24(30)20-14-16-28(17-15-20)34(31,32)23-12-10-21(11-13-23)26(2,3)4/h5-13,18,20H,14-17H2,1-4H3. The minimum atomic E-state index is -3.60. The van der Waals surface area contributed by atoms with E-state index in [1.165, 1.54) is 15.6 Å². The van der Waals surface area contributed by atoms with Gasteiger partial charge < -0.3 is 0 Å². The van der Waals surface area contributed by atoms with Crippen molar-refractivity contribution in [2.75, 3.05) is 18.0 Å². The Bertz CT molecular complexity index is 1240. The quantitative estimate of drug-likeness (QED) is 0.466. The normalized spacial score (nSPS) is 15.9. The van der Waals surface area contributed by atoms with Gasteiger partial charge in [-0.3, -0.25) is 9.69 Å². The highest BCUT2D eigenvalue weighted by Crippen LogP contribution is 2.33. The molecule has 0 spiro atoms. The summed E-state index contributed by atoms with van der Waals surface area (Å²) in [6.07, 6.45) is 0.956. The lowest BCUT2D eigenvalue weighted by atomic mass is 9.87. The molecule has 0 N–H and O–H groups in total. The molecule has 1 amide bonds. The molecule has 1 aliphatic rings. The molecule has 1 aromatic heterocycles. The van der Waals surface area contributed by atoms with E-state index in [1.807, 2.05) is 54.8 Å². The number of anilines is 2. The zero-order valence-electron chi connectivity index (χ0n) is 20.1. The maximum Gasteiger partial charge on any atom is 0.243 e. The van der Waals surface area contributed by atoms with Gasteiger partial charge >= 0.3 is 0 Å². The molecule has 2 heterocycles. The van der Waals surface area contributed by atoms with Gasteiger partial charge in [0.15, 0.2) is 5.13 Å². The number of piperidine rings is 1. The van der Waals surface area contributed by atoms with E-state index in [1.54, 1.807) is 17.0 Å². The van der Waals surface area contributed by atoms with Crippen LogP contribution in [-0.4, -0.2) is 36.7 Å². The minimum absolute atomic E-state index is 0.0351. The zero-order chi connectivity index (χ0) is 24.5. The Balaban J connectivity index is 1.49. The van der Waals surface area contributed by atoms with Gasteiger partial charge in [-0.05, 0) is 55.0 Å². The predicted octanol–water partition coefficient (Wildman–Crippen LogP) is 5.51. The van der Waals surface area contributed by atoms with Gasteiger partial charge in [0.25, 0.3) is 0 Å². The molecule has 1 fully saturated rings. The summed E-state index contributed by atoms with van der Waals surface area (Å²) in [4.78, 5) is 20.1. The molecule has 0 aliphatic carbocycles. The van der Waals surface area contributed by atoms with Crippen LogP contribution in [0, 0.1) is 12.8 Å². The maximum atomic E-state index is 13.6. The fourth-order valence-electron chi connectivity index (χ4n) is 4.15. The van der Waals surface area contributed by atoms with E-state index in [0.717, 1.165) is 16.9 Å². The van der Waals surface area contributed by atoms with Crippen LogP contribution in [0.25, 0.3) is 0 Å². The SMILES string of the molecule is Cc1csc(N(C(=O)C2CCN(S(=O)(=O)c3ccc(C(C)(C)C)cc3)CC2)c2ccccc2)n1. The highest BCUT2D eigenvalue weighted by atomic mass is 32.2. The number of carbonyl (C=O) groups excluding carboxylic acids is 1. The number of carbonyl (C=O) groups is 1. The molecule has 34 heavy (non-hydrogen) atoms. The highest BCUT2D eigenvalue weighted by molar-refractivity contribution is 7.89. The molecular formula is C26H31N3O3S2. The zero-order valence-corrected chi connectivity index (χ0v) is 21.7. The number of rotatable bonds is 5. The lowest BCUT2D eigenvalue weighted by Crippen LogP contribution is -2.43. The van der Waals surface area contributed by atoms with Crippen molar-refractivity contribution in [3.63, 3.8) is 0 Å². The van der Waals surface area contributed by atoms with Gasteiger partial charge in [0.1, 0.15) is 0 Å². The molecule has 0 atom stereocenters. The second-order valence-corrected chi connectivity index (χ2v) is 12.5. The molecule has 0 radical (unpaired) electrons. The summed E-state index contributed by atoms with van der Waals surface area (Å²) in [5, 5.41) is 2.57. The van der Waals surface area contributed by atoms with Crippen LogP contribution in [0.1, 0.15) is 44.9 Å². The molecule has 1 aliphatic heterocycles. The number of hydrogen-bond donors (Lipinski definition) is 0. The van der Waals surface area contributed by atoms with Crippen LogP contribution in [0.3, 0.4) is 0 Å². The van der Waals surface area contributed by atoms with Crippen LogP contribution < -0.4 is 4.90 Å². The minimum Gasteiger partial charge on any atom is -0.274 e. The fourth-order valence-corrected chi connectivity index (χ4v) is 6.45. The number of sulfonamides is 1. The van der Waals surface area contributed by atoms with E-state index in [2.05, 4.69) is 25.8 Å². The number of benzene rings is 2. The molecule has 2 aromatic carbocycles. The van der Waals surface area contributed by atoms with E-state index in [-0.39, 0.29) is 17.2 Å². The van der Waals surface area contributed by atoms with Crippen molar-refractivity contribution < 1.29 is 13.2 Å². The van der Waals surface area contributed by atoms with Crippen LogP contribution in [0.4, 0.5) is 10.8 Å². The molecule has 3 aromatic rings. The Labute approximate surface area is 206 Å². The van der Waals surface area contributed by atoms with Gasteiger partial charge in [0.2, 0.25) is 15.9 Å². The summed E-state index contributed by atoms with van der Waals surface area (Å²) in [6.45, 7) is 8.85. The van der Waals surface area contributed by atoms with Crippen LogP contribution in [0.5, 0.6) is 0 Å². The summed E-state index contributed by atoms with van der Waals surface area (Å²) >= 11 is 1.44. The first kappa shape index (κ1) is 24.6. The van der Waals surface area contributed by atoms with E-state index in [9.17, 15) is 13.2 Å². The second kappa shape index (κ2) is 9.60. The van der Waals surface area contributed by atoms with Crippen molar-refractivity contribution >= 4 is 38.1 Å². The van der Waals surface area contributed by atoms with Crippen molar-refractivity contribution in [2.45, 2.75) is 50.8 Å². The number of aromatic nitrogens is 1. The Hall–Kier alpha value is -2.55. The first-order chi connectivity index (χ1) is 16.1. The van der Waals surface area contributed by atoms with Gasteiger partial charge in [0.05, 0.1) is 16.3 Å². The molecule has 8 heteroatoms. The van der Waals surface area contributed by atoms with Gasteiger partial charge in [-0.25, -0.2) is 13.4 Å². The lowest BCUT2D eigenvalue weighted by Gasteiger charge is -2.33. The number of nitrogens with zero attached hydrogens (tertiary/aromatic N) is 3. The fraction of sp³-hybridized carbons (Fsp3) is 0.385. The number of thiazole rings is 1. The van der Waals surface area contributed by atoms with Crippen molar-refractivity contribution in [1.29, 1.82) is 0 Å². The third kappa shape index (κ3) is 5.09. The van der Waals surface area contributed by atoms with E-state index in [4.69, 9.17) is 0 Å². The molecule has 4 rings (SSSR count). The average Bonchev–Trinajstić information content (AvgIpc) is 3.25. The van der Waals surface area contributed by atoms with Gasteiger partial charge in [-0.1, -0.05) is 51.1 Å². The second-order valence-electron chi connectivity index (χ2n) is 9.73. The van der Waals surface area contributed by atoms with Gasteiger partial charge in [0, 0.05) is 24.4 Å². The number of hydrogen-bond acceptors (Lipinski definition) is 5. The van der Waals surface area contributed by atoms with Crippen molar-refractivity contribution in [3.8, 4) is 0 Å². The average molecular weight is 498 g/mol. The van der Waals surface area contributed by atoms with E-state index < -0.39 is 10.0 Å². The Morgan fingerprint density at radius 3 is 2.18 bits per heavy atom. The summed E-state index contributed by atoms with van der Waals surface area (Å²) in [5.41, 5.74) is 2.69. The molecule has 1 saturated heterocycles. The topological polar surface area (TPSA) is 70.6 Å².